The van der Waals surface area contributed by atoms with Crippen molar-refractivity contribution in [2.45, 2.75) is 6.42 Å². The largest absolute Gasteiger partial charge is 0.379 e. The summed E-state index contributed by atoms with van der Waals surface area (Å²) in [6.07, 6.45) is 0.884. The zero-order chi connectivity index (χ0) is 5.82. The normalized spacial score (nSPS) is 21.8. The van der Waals surface area contributed by atoms with E-state index in [1.54, 1.807) is 0 Å². The molecule has 0 spiro atoms. The second-order valence-electron chi connectivity index (χ2n) is 1.71. The third-order valence-corrected chi connectivity index (χ3v) is 1.39. The fourth-order valence-electron chi connectivity index (χ4n) is 0.618. The van der Waals surface area contributed by atoms with Crippen molar-refractivity contribution in [2.75, 3.05) is 19.8 Å². The average Bonchev–Trinajstić information content (AvgIpc) is 1.94. The van der Waals surface area contributed by atoms with Crippen molar-refractivity contribution in [3.63, 3.8) is 0 Å². The molecule has 8 heavy (non-hydrogen) atoms. The molecule has 0 bridgehead atoms. The van der Waals surface area contributed by atoms with E-state index in [2.05, 4.69) is 5.32 Å². The lowest BCUT2D eigenvalue weighted by atomic mass is 10.4. The molecule has 0 aromatic carbocycles. The molecule has 1 fully saturated rings. The predicted molar refractivity (Wildman–Crippen MR) is 36.0 cm³/mol. The SMILES string of the molecule is S=C1CCOCCN1. The van der Waals surface area contributed by atoms with Gasteiger partial charge in [0.15, 0.2) is 0 Å². The lowest BCUT2D eigenvalue weighted by Gasteiger charge is -1.96. The summed E-state index contributed by atoms with van der Waals surface area (Å²) in [5, 5.41) is 3.05. The Kier molecular flexibility index (Phi) is 2.24. The van der Waals surface area contributed by atoms with Crippen LogP contribution in [0, 0.1) is 0 Å². The van der Waals surface area contributed by atoms with Gasteiger partial charge in [0, 0.05) is 13.0 Å². The number of thiocarbonyl (C=S) groups is 1. The van der Waals surface area contributed by atoms with E-state index in [0.29, 0.717) is 0 Å². The zero-order valence-electron chi connectivity index (χ0n) is 4.64. The van der Waals surface area contributed by atoms with Gasteiger partial charge in [0.25, 0.3) is 0 Å². The van der Waals surface area contributed by atoms with Gasteiger partial charge in [-0.05, 0) is 0 Å². The zero-order valence-corrected chi connectivity index (χ0v) is 5.46. The molecule has 0 radical (unpaired) electrons. The molecule has 0 atom stereocenters. The molecule has 1 aliphatic rings. The van der Waals surface area contributed by atoms with E-state index >= 15 is 0 Å². The van der Waals surface area contributed by atoms with Crippen LogP contribution in [0.1, 0.15) is 6.42 Å². The average molecular weight is 131 g/mol. The van der Waals surface area contributed by atoms with Crippen LogP contribution in [0.3, 0.4) is 0 Å². The van der Waals surface area contributed by atoms with Crippen LogP contribution in [-0.2, 0) is 4.74 Å². The lowest BCUT2D eigenvalue weighted by molar-refractivity contribution is 0.153. The topological polar surface area (TPSA) is 21.3 Å². The van der Waals surface area contributed by atoms with Crippen molar-refractivity contribution in [1.29, 1.82) is 0 Å². The highest BCUT2D eigenvalue weighted by Gasteiger charge is 1.99. The van der Waals surface area contributed by atoms with Crippen molar-refractivity contribution in [2.24, 2.45) is 0 Å². The number of ether oxygens (including phenoxy) is 1. The maximum Gasteiger partial charge on any atom is 0.0777 e. The Balaban J connectivity index is 2.27. The van der Waals surface area contributed by atoms with Crippen molar-refractivity contribution >= 4 is 17.2 Å². The van der Waals surface area contributed by atoms with Crippen molar-refractivity contribution in [1.82, 2.24) is 5.32 Å². The van der Waals surface area contributed by atoms with E-state index in [1.165, 1.54) is 0 Å². The molecule has 0 unspecified atom stereocenters. The van der Waals surface area contributed by atoms with Crippen molar-refractivity contribution < 1.29 is 4.74 Å². The van der Waals surface area contributed by atoms with Gasteiger partial charge in [-0.25, -0.2) is 0 Å². The second kappa shape index (κ2) is 2.99. The number of hydrogen-bond donors (Lipinski definition) is 1. The molecule has 1 rings (SSSR count). The first kappa shape index (κ1) is 5.98. The Labute approximate surface area is 54.2 Å². The van der Waals surface area contributed by atoms with Crippen LogP contribution < -0.4 is 5.32 Å². The first-order valence-electron chi connectivity index (χ1n) is 2.74. The highest BCUT2D eigenvalue weighted by molar-refractivity contribution is 7.80. The molecule has 0 saturated carbocycles. The summed E-state index contributed by atoms with van der Waals surface area (Å²) in [5.74, 6) is 0. The van der Waals surface area contributed by atoms with Gasteiger partial charge in [-0.3, -0.25) is 0 Å². The number of hydrogen-bond acceptors (Lipinski definition) is 2. The van der Waals surface area contributed by atoms with Gasteiger partial charge >= 0.3 is 0 Å². The van der Waals surface area contributed by atoms with Gasteiger partial charge < -0.3 is 10.1 Å². The molecule has 3 heteroatoms. The van der Waals surface area contributed by atoms with Crippen molar-refractivity contribution in [3.05, 3.63) is 0 Å². The molecule has 1 aliphatic heterocycles. The summed E-state index contributed by atoms with van der Waals surface area (Å²) < 4.78 is 5.11. The maximum atomic E-state index is 5.11. The van der Waals surface area contributed by atoms with E-state index in [9.17, 15) is 0 Å². The minimum Gasteiger partial charge on any atom is -0.379 e. The molecule has 0 aliphatic carbocycles. The molecule has 1 heterocycles. The molecular formula is C5H9NOS. The van der Waals surface area contributed by atoms with Crippen LogP contribution in [0.2, 0.25) is 0 Å². The maximum absolute atomic E-state index is 5.11. The molecule has 0 amide bonds. The second-order valence-corrected chi connectivity index (χ2v) is 2.21. The van der Waals surface area contributed by atoms with E-state index in [-0.39, 0.29) is 0 Å². The van der Waals surface area contributed by atoms with Crippen molar-refractivity contribution in [3.8, 4) is 0 Å². The van der Waals surface area contributed by atoms with E-state index in [0.717, 1.165) is 31.2 Å². The molecule has 0 aromatic heterocycles. The summed E-state index contributed by atoms with van der Waals surface area (Å²) in [6, 6.07) is 0. The van der Waals surface area contributed by atoms with Crippen LogP contribution in [0.15, 0.2) is 0 Å². The minimum absolute atomic E-state index is 0.784. The van der Waals surface area contributed by atoms with Crippen LogP contribution in [0.5, 0.6) is 0 Å². The molecule has 0 aromatic rings. The van der Waals surface area contributed by atoms with E-state index in [4.69, 9.17) is 17.0 Å². The first-order chi connectivity index (χ1) is 3.89. The number of rotatable bonds is 0. The third kappa shape index (κ3) is 1.76. The fraction of sp³-hybridized carbons (Fsp3) is 0.800. The lowest BCUT2D eigenvalue weighted by Crippen LogP contribution is -2.21. The molecular weight excluding hydrogens is 122 g/mol. The van der Waals surface area contributed by atoms with E-state index in [1.807, 2.05) is 0 Å². The molecule has 1 N–H and O–H groups in total. The van der Waals surface area contributed by atoms with Gasteiger partial charge in [-0.15, -0.1) is 0 Å². The fourth-order valence-corrected chi connectivity index (χ4v) is 0.803. The van der Waals surface area contributed by atoms with Crippen LogP contribution in [0.25, 0.3) is 0 Å². The van der Waals surface area contributed by atoms with Crippen LogP contribution in [0.4, 0.5) is 0 Å². The smallest absolute Gasteiger partial charge is 0.0777 e. The molecule has 2 nitrogen and oxygen atoms in total. The summed E-state index contributed by atoms with van der Waals surface area (Å²) in [5.41, 5.74) is 0. The molecule has 46 valence electrons. The minimum atomic E-state index is 0.784. The summed E-state index contributed by atoms with van der Waals surface area (Å²) >= 11 is 4.90. The predicted octanol–water partition coefficient (Wildman–Crippen LogP) is 0.324. The summed E-state index contributed by atoms with van der Waals surface area (Å²) in [7, 11) is 0. The monoisotopic (exact) mass is 131 g/mol. The Morgan fingerprint density at radius 1 is 1.50 bits per heavy atom. The third-order valence-electron chi connectivity index (χ3n) is 1.04. The van der Waals surface area contributed by atoms with Gasteiger partial charge in [-0.1, -0.05) is 12.2 Å². The van der Waals surface area contributed by atoms with Gasteiger partial charge in [0.2, 0.25) is 0 Å². The van der Waals surface area contributed by atoms with Gasteiger partial charge in [-0.2, -0.15) is 0 Å². The first-order valence-corrected chi connectivity index (χ1v) is 3.15. The number of nitrogens with one attached hydrogen (secondary N) is 1. The van der Waals surface area contributed by atoms with Gasteiger partial charge in [0.05, 0.1) is 18.2 Å². The Morgan fingerprint density at radius 2 is 2.38 bits per heavy atom. The quantitative estimate of drug-likeness (QED) is 0.478. The van der Waals surface area contributed by atoms with Crippen LogP contribution >= 0.6 is 12.2 Å². The Bertz CT molecular complexity index is 84.4. The standard InChI is InChI=1S/C5H9NOS/c8-5-1-3-7-4-2-6-5/h1-4H2,(H,6,8). The Hall–Kier alpha value is -0.150. The summed E-state index contributed by atoms with van der Waals surface area (Å²) in [6.45, 7) is 2.45. The summed E-state index contributed by atoms with van der Waals surface area (Å²) in [4.78, 5) is 0.933. The Morgan fingerprint density at radius 3 is 3.25 bits per heavy atom. The van der Waals surface area contributed by atoms with Gasteiger partial charge in [0.1, 0.15) is 0 Å². The highest BCUT2D eigenvalue weighted by Crippen LogP contribution is 1.89. The van der Waals surface area contributed by atoms with Crippen LogP contribution in [-0.4, -0.2) is 24.7 Å². The highest BCUT2D eigenvalue weighted by atomic mass is 32.1. The molecule has 1 saturated heterocycles. The van der Waals surface area contributed by atoms with E-state index < -0.39 is 0 Å².